The first-order valence-corrected chi connectivity index (χ1v) is 6.82. The van der Waals surface area contributed by atoms with Gasteiger partial charge in [-0.3, -0.25) is 0 Å². The van der Waals surface area contributed by atoms with Crippen molar-refractivity contribution in [2.75, 3.05) is 14.2 Å². The summed E-state index contributed by atoms with van der Waals surface area (Å²) in [5.41, 5.74) is 2.89. The summed E-state index contributed by atoms with van der Waals surface area (Å²) in [4.78, 5) is 27.1. The molecule has 116 valence electrons. The van der Waals surface area contributed by atoms with Crippen molar-refractivity contribution in [2.45, 2.75) is 20.4 Å². The van der Waals surface area contributed by atoms with Gasteiger partial charge in [0.25, 0.3) is 0 Å². The van der Waals surface area contributed by atoms with E-state index in [1.165, 1.54) is 14.2 Å². The van der Waals surface area contributed by atoms with Gasteiger partial charge in [0, 0.05) is 23.0 Å². The van der Waals surface area contributed by atoms with Crippen LogP contribution in [0.15, 0.2) is 24.5 Å². The van der Waals surface area contributed by atoms with Crippen molar-refractivity contribution in [3.05, 3.63) is 52.6 Å². The maximum atomic E-state index is 12.0. The number of aromatic amines is 1. The van der Waals surface area contributed by atoms with Crippen LogP contribution in [0.4, 0.5) is 0 Å². The number of nitrogens with zero attached hydrogens (tertiary/aromatic N) is 1. The number of hydrogen-bond acceptors (Lipinski definition) is 4. The van der Waals surface area contributed by atoms with Gasteiger partial charge in [-0.05, 0) is 19.9 Å². The Kier molecular flexibility index (Phi) is 4.60. The normalized spacial score (nSPS) is 10.4. The van der Waals surface area contributed by atoms with Gasteiger partial charge in [0.15, 0.2) is 12.4 Å². The number of ether oxygens (including phenoxy) is 2. The molecule has 2 aromatic rings. The molecule has 0 aliphatic heterocycles. The quantitative estimate of drug-likeness (QED) is 0.803. The van der Waals surface area contributed by atoms with E-state index < -0.39 is 11.9 Å². The second-order valence-corrected chi connectivity index (χ2v) is 4.90. The maximum Gasteiger partial charge on any atom is 0.340 e. The van der Waals surface area contributed by atoms with Crippen LogP contribution in [0.2, 0.25) is 0 Å². The number of carbonyl (C=O) groups excluding carboxylic acids is 2. The molecular weight excluding hydrogens is 284 g/mol. The van der Waals surface area contributed by atoms with Crippen molar-refractivity contribution in [3.63, 3.8) is 0 Å². The van der Waals surface area contributed by atoms with Gasteiger partial charge >= 0.3 is 11.9 Å². The van der Waals surface area contributed by atoms with Crippen LogP contribution in [0.5, 0.6) is 0 Å². The molecule has 2 aromatic heterocycles. The third-order valence-electron chi connectivity index (χ3n) is 3.67. The summed E-state index contributed by atoms with van der Waals surface area (Å²) in [7, 11) is 2.59. The lowest BCUT2D eigenvalue weighted by Crippen LogP contribution is -2.11. The molecule has 6 heteroatoms. The number of carbonyl (C=O) groups is 2. The molecule has 0 atom stereocenters. The van der Waals surface area contributed by atoms with E-state index in [-0.39, 0.29) is 11.1 Å². The lowest BCUT2D eigenvalue weighted by Gasteiger charge is -2.08. The van der Waals surface area contributed by atoms with Crippen LogP contribution < -0.4 is 4.98 Å². The Bertz CT molecular complexity index is 665. The Balaban J connectivity index is 2.58. The molecule has 0 fully saturated rings. The third kappa shape index (κ3) is 2.72. The second kappa shape index (κ2) is 6.43. The Hall–Kier alpha value is -2.63. The first-order chi connectivity index (χ1) is 10.5. The average Bonchev–Trinajstić information content (AvgIpc) is 2.79. The fraction of sp³-hybridized carbons (Fsp3) is 0.312. The lowest BCUT2D eigenvalue weighted by atomic mass is 10.1. The lowest BCUT2D eigenvalue weighted by molar-refractivity contribution is -0.378. The van der Waals surface area contributed by atoms with E-state index in [0.29, 0.717) is 17.9 Å². The van der Waals surface area contributed by atoms with Gasteiger partial charge in [0.2, 0.25) is 0 Å². The monoisotopic (exact) mass is 303 g/mol. The number of rotatable bonds is 4. The zero-order chi connectivity index (χ0) is 16.3. The molecule has 0 spiro atoms. The van der Waals surface area contributed by atoms with Gasteiger partial charge in [0.05, 0.1) is 31.9 Å². The first kappa shape index (κ1) is 15.8. The largest absolute Gasteiger partial charge is 0.465 e. The highest BCUT2D eigenvalue weighted by Gasteiger charge is 2.28. The highest BCUT2D eigenvalue weighted by molar-refractivity contribution is 6.05. The molecule has 0 radical (unpaired) electrons. The highest BCUT2D eigenvalue weighted by atomic mass is 16.5. The van der Waals surface area contributed by atoms with Crippen molar-refractivity contribution >= 4 is 11.9 Å². The van der Waals surface area contributed by atoms with Gasteiger partial charge in [-0.15, -0.1) is 0 Å². The number of methoxy groups -OCH3 is 2. The Morgan fingerprint density at radius 2 is 1.64 bits per heavy atom. The molecule has 2 rings (SSSR count). The van der Waals surface area contributed by atoms with Gasteiger partial charge in [-0.25, -0.2) is 14.6 Å². The smallest absolute Gasteiger partial charge is 0.340 e. The van der Waals surface area contributed by atoms with Gasteiger partial charge < -0.3 is 14.0 Å². The van der Waals surface area contributed by atoms with Gasteiger partial charge in [-0.2, -0.15) is 0 Å². The van der Waals surface area contributed by atoms with Crippen LogP contribution in [-0.2, 0) is 16.0 Å². The number of hydrogen-bond donors (Lipinski definition) is 0. The topological polar surface area (TPSA) is 71.7 Å². The van der Waals surface area contributed by atoms with Crippen LogP contribution in [0.3, 0.4) is 0 Å². The van der Waals surface area contributed by atoms with Crippen molar-refractivity contribution in [2.24, 2.45) is 0 Å². The first-order valence-electron chi connectivity index (χ1n) is 6.82. The fourth-order valence-corrected chi connectivity index (χ4v) is 2.54. The number of aromatic nitrogens is 2. The third-order valence-corrected chi connectivity index (χ3v) is 3.67. The maximum absolute atomic E-state index is 12.0. The van der Waals surface area contributed by atoms with E-state index in [1.54, 1.807) is 13.8 Å². The van der Waals surface area contributed by atoms with Crippen LogP contribution in [0.1, 0.15) is 37.7 Å². The van der Waals surface area contributed by atoms with Crippen molar-refractivity contribution in [3.8, 4) is 0 Å². The molecule has 2 heterocycles. The average molecular weight is 303 g/mol. The summed E-state index contributed by atoms with van der Waals surface area (Å²) in [5.74, 6) is -1.08. The van der Waals surface area contributed by atoms with Gasteiger partial charge in [-0.1, -0.05) is 0 Å². The minimum atomic E-state index is -0.542. The minimum Gasteiger partial charge on any atom is -0.465 e. The van der Waals surface area contributed by atoms with E-state index >= 15 is 0 Å². The second-order valence-electron chi connectivity index (χ2n) is 4.90. The SMILES string of the molecule is COC(=O)c1c(C(=O)OC)c(C)n(Cc2ccc[nH+]c2)c1C. The van der Waals surface area contributed by atoms with Crippen LogP contribution in [0.25, 0.3) is 0 Å². The van der Waals surface area contributed by atoms with Crippen LogP contribution in [-0.4, -0.2) is 30.7 Å². The number of H-pyrrole nitrogens is 1. The van der Waals surface area contributed by atoms with E-state index in [9.17, 15) is 9.59 Å². The molecule has 0 aromatic carbocycles. The molecule has 0 saturated carbocycles. The molecular formula is C16H19N2O4+. The Labute approximate surface area is 128 Å². The zero-order valence-corrected chi connectivity index (χ0v) is 13.1. The van der Waals surface area contributed by atoms with E-state index in [0.717, 1.165) is 5.56 Å². The molecule has 0 aliphatic carbocycles. The summed E-state index contributed by atoms with van der Waals surface area (Å²) in [5, 5.41) is 0. The Morgan fingerprint density at radius 1 is 1.09 bits per heavy atom. The Morgan fingerprint density at radius 3 is 2.05 bits per heavy atom. The number of pyridine rings is 1. The summed E-state index contributed by atoms with van der Waals surface area (Å²) in [6, 6.07) is 3.86. The molecule has 0 bridgehead atoms. The predicted octanol–water partition coefficient (Wildman–Crippen LogP) is 1.54. The molecule has 0 unspecified atom stereocenters. The zero-order valence-electron chi connectivity index (χ0n) is 13.1. The highest BCUT2D eigenvalue weighted by Crippen LogP contribution is 2.25. The molecule has 0 aliphatic rings. The van der Waals surface area contributed by atoms with E-state index in [1.807, 2.05) is 29.1 Å². The number of nitrogens with one attached hydrogen (secondary N) is 1. The van der Waals surface area contributed by atoms with E-state index in [4.69, 9.17) is 9.47 Å². The van der Waals surface area contributed by atoms with E-state index in [2.05, 4.69) is 4.98 Å². The van der Waals surface area contributed by atoms with Crippen LogP contribution in [0, 0.1) is 13.8 Å². The molecule has 0 amide bonds. The molecule has 6 nitrogen and oxygen atoms in total. The fourth-order valence-electron chi connectivity index (χ4n) is 2.54. The van der Waals surface area contributed by atoms with Gasteiger partial charge in [0.1, 0.15) is 0 Å². The summed E-state index contributed by atoms with van der Waals surface area (Å²) >= 11 is 0. The standard InChI is InChI=1S/C16H18N2O4/c1-10-13(15(19)21-3)14(16(20)22-4)11(2)18(10)9-12-6-5-7-17-8-12/h5-8H,9H2,1-4H3/p+1. The molecule has 1 N–H and O–H groups in total. The summed E-state index contributed by atoms with van der Waals surface area (Å²) in [6.45, 7) is 4.12. The summed E-state index contributed by atoms with van der Waals surface area (Å²) < 4.78 is 11.5. The molecule has 0 saturated heterocycles. The summed E-state index contributed by atoms with van der Waals surface area (Å²) in [6.07, 6.45) is 3.69. The van der Waals surface area contributed by atoms with Crippen molar-refractivity contribution < 1.29 is 24.0 Å². The van der Waals surface area contributed by atoms with Crippen molar-refractivity contribution in [1.82, 2.24) is 4.57 Å². The molecule has 22 heavy (non-hydrogen) atoms. The van der Waals surface area contributed by atoms with Crippen LogP contribution >= 0.6 is 0 Å². The number of esters is 2. The minimum absolute atomic E-state index is 0.256. The van der Waals surface area contributed by atoms with Crippen molar-refractivity contribution in [1.29, 1.82) is 0 Å². The predicted molar refractivity (Wildman–Crippen MR) is 78.7 cm³/mol.